The average Bonchev–Trinajstić information content (AvgIpc) is 2.17. The molecular formula is C10H16O5S. The van der Waals surface area contributed by atoms with Gasteiger partial charge in [-0.2, -0.15) is 0 Å². The quantitative estimate of drug-likeness (QED) is 0.692. The van der Waals surface area contributed by atoms with E-state index in [-0.39, 0.29) is 17.3 Å². The first-order chi connectivity index (χ1) is 7.60. The van der Waals surface area contributed by atoms with Crippen LogP contribution in [-0.4, -0.2) is 35.4 Å². The van der Waals surface area contributed by atoms with Gasteiger partial charge in [-0.3, -0.25) is 4.21 Å². The summed E-state index contributed by atoms with van der Waals surface area (Å²) in [7, 11) is -1.42. The fourth-order valence-corrected chi connectivity index (χ4v) is 2.54. The molecule has 1 heterocycles. The van der Waals surface area contributed by atoms with Gasteiger partial charge < -0.3 is 14.2 Å². The summed E-state index contributed by atoms with van der Waals surface area (Å²) >= 11 is 0. The highest BCUT2D eigenvalue weighted by molar-refractivity contribution is 7.90. The van der Waals surface area contributed by atoms with Crippen LogP contribution in [0.2, 0.25) is 0 Å². The van der Waals surface area contributed by atoms with Gasteiger partial charge in [-0.05, 0) is 20.8 Å². The highest BCUT2D eigenvalue weighted by Crippen LogP contribution is 2.22. The van der Waals surface area contributed by atoms with Gasteiger partial charge in [0.05, 0.1) is 23.2 Å². The van der Waals surface area contributed by atoms with Crippen LogP contribution in [0.15, 0.2) is 10.7 Å². The number of allylic oxidation sites excluding steroid dienone is 1. The van der Waals surface area contributed by atoms with Crippen LogP contribution in [0.4, 0.5) is 0 Å². The van der Waals surface area contributed by atoms with Gasteiger partial charge in [0, 0.05) is 6.61 Å². The molecule has 1 aliphatic heterocycles. The zero-order chi connectivity index (χ0) is 12.1. The molecule has 0 N–H and O–H groups in total. The highest BCUT2D eigenvalue weighted by atomic mass is 32.2. The molecule has 0 radical (unpaired) electrons. The second-order valence-electron chi connectivity index (χ2n) is 3.12. The summed E-state index contributed by atoms with van der Waals surface area (Å²) in [6.07, 6.45) is -0.538. The lowest BCUT2D eigenvalue weighted by atomic mass is 10.4. The molecule has 0 spiro atoms. The Morgan fingerprint density at radius 2 is 2.19 bits per heavy atom. The van der Waals surface area contributed by atoms with Crippen LogP contribution < -0.4 is 0 Å². The maximum Gasteiger partial charge on any atom is 0.350 e. The predicted molar refractivity (Wildman–Crippen MR) is 58.8 cm³/mol. The minimum atomic E-state index is -1.42. The van der Waals surface area contributed by atoms with Crippen LogP contribution in [0.5, 0.6) is 0 Å². The average molecular weight is 248 g/mol. The van der Waals surface area contributed by atoms with E-state index in [4.69, 9.17) is 14.2 Å². The summed E-state index contributed by atoms with van der Waals surface area (Å²) in [4.78, 5) is 11.6. The van der Waals surface area contributed by atoms with Gasteiger partial charge in [-0.25, -0.2) is 4.79 Å². The number of rotatable bonds is 4. The lowest BCUT2D eigenvalue weighted by molar-refractivity contribution is -0.139. The Hall–Kier alpha value is -0.880. The van der Waals surface area contributed by atoms with Crippen molar-refractivity contribution in [2.24, 2.45) is 0 Å². The summed E-state index contributed by atoms with van der Waals surface area (Å²) in [5.41, 5.74) is 0. The maximum absolute atomic E-state index is 11.8. The first-order valence-corrected chi connectivity index (χ1v) is 6.46. The molecule has 0 aromatic heterocycles. The lowest BCUT2D eigenvalue weighted by Gasteiger charge is -2.25. The summed E-state index contributed by atoms with van der Waals surface area (Å²) in [6.45, 7) is 5.84. The molecule has 0 bridgehead atoms. The van der Waals surface area contributed by atoms with Crippen molar-refractivity contribution in [3.05, 3.63) is 10.7 Å². The van der Waals surface area contributed by atoms with E-state index in [1.54, 1.807) is 13.8 Å². The fraction of sp³-hybridized carbons (Fsp3) is 0.700. The second kappa shape index (κ2) is 6.00. The number of esters is 1. The molecule has 0 fully saturated rings. The number of ether oxygens (including phenoxy) is 3. The van der Waals surface area contributed by atoms with E-state index in [0.717, 1.165) is 0 Å². The van der Waals surface area contributed by atoms with Gasteiger partial charge in [-0.1, -0.05) is 0 Å². The minimum absolute atomic E-state index is 0.109. The van der Waals surface area contributed by atoms with Gasteiger partial charge in [0.2, 0.25) is 6.29 Å². The van der Waals surface area contributed by atoms with Crippen LogP contribution in [0.25, 0.3) is 0 Å². The monoisotopic (exact) mass is 248 g/mol. The van der Waals surface area contributed by atoms with Crippen LogP contribution in [0.1, 0.15) is 20.8 Å². The van der Waals surface area contributed by atoms with Crippen molar-refractivity contribution in [2.45, 2.75) is 27.1 Å². The number of hydrogen-bond donors (Lipinski definition) is 0. The molecule has 0 aromatic carbocycles. The first-order valence-electron chi connectivity index (χ1n) is 5.14. The first kappa shape index (κ1) is 13.2. The van der Waals surface area contributed by atoms with E-state index in [1.165, 1.54) is 0 Å². The molecule has 92 valence electrons. The molecule has 5 nitrogen and oxygen atoms in total. The van der Waals surface area contributed by atoms with Crippen LogP contribution in [-0.2, 0) is 29.8 Å². The van der Waals surface area contributed by atoms with Gasteiger partial charge in [0.25, 0.3) is 0 Å². The third-order valence-electron chi connectivity index (χ3n) is 1.96. The molecule has 2 atom stereocenters. The molecule has 0 saturated heterocycles. The van der Waals surface area contributed by atoms with Crippen molar-refractivity contribution in [3.8, 4) is 0 Å². The van der Waals surface area contributed by atoms with E-state index in [9.17, 15) is 9.00 Å². The summed E-state index contributed by atoms with van der Waals surface area (Å²) in [6, 6.07) is 0. The normalized spacial score (nSPS) is 25.2. The largest absolute Gasteiger partial charge is 0.467 e. The van der Waals surface area contributed by atoms with E-state index in [2.05, 4.69) is 0 Å². The molecule has 6 heteroatoms. The minimum Gasteiger partial charge on any atom is -0.467 e. The van der Waals surface area contributed by atoms with Crippen molar-refractivity contribution in [2.75, 3.05) is 19.0 Å². The topological polar surface area (TPSA) is 61.8 Å². The van der Waals surface area contributed by atoms with Crippen LogP contribution in [0, 0.1) is 0 Å². The molecular weight excluding hydrogens is 232 g/mol. The SMILES string of the molecule is CCOC(=O)C1=C(C)O[C@H](OCC)C[S@@]1=O. The predicted octanol–water partition coefficient (Wildman–Crippen LogP) is 0.923. The third-order valence-corrected chi connectivity index (χ3v) is 3.44. The summed E-state index contributed by atoms with van der Waals surface area (Å²) in [5.74, 6) is -0.0888. The van der Waals surface area contributed by atoms with Gasteiger partial charge in [0.15, 0.2) is 4.91 Å². The van der Waals surface area contributed by atoms with E-state index >= 15 is 0 Å². The fourth-order valence-electron chi connectivity index (χ4n) is 1.35. The van der Waals surface area contributed by atoms with E-state index in [1.807, 2.05) is 6.92 Å². The van der Waals surface area contributed by atoms with Crippen molar-refractivity contribution < 1.29 is 23.2 Å². The number of carbonyl (C=O) groups excluding carboxylic acids is 1. The van der Waals surface area contributed by atoms with Crippen LogP contribution >= 0.6 is 0 Å². The molecule has 0 aliphatic carbocycles. The van der Waals surface area contributed by atoms with Crippen molar-refractivity contribution >= 4 is 16.8 Å². The highest BCUT2D eigenvalue weighted by Gasteiger charge is 2.31. The zero-order valence-electron chi connectivity index (χ0n) is 9.65. The third kappa shape index (κ3) is 3.05. The maximum atomic E-state index is 11.8. The molecule has 0 unspecified atom stereocenters. The van der Waals surface area contributed by atoms with E-state index in [0.29, 0.717) is 12.4 Å². The van der Waals surface area contributed by atoms with Gasteiger partial charge in [-0.15, -0.1) is 0 Å². The van der Waals surface area contributed by atoms with E-state index < -0.39 is 23.1 Å². The number of carbonyl (C=O) groups is 1. The smallest absolute Gasteiger partial charge is 0.350 e. The standard InChI is InChI=1S/C10H16O5S/c1-4-13-8-6-16(12)9(7(3)15-8)10(11)14-5-2/h8H,4-6H2,1-3H3/t8-,16-/m0/s1. The Morgan fingerprint density at radius 3 is 2.69 bits per heavy atom. The molecule has 0 saturated carbocycles. The van der Waals surface area contributed by atoms with Crippen LogP contribution in [0.3, 0.4) is 0 Å². The molecule has 1 rings (SSSR count). The van der Waals surface area contributed by atoms with Crippen molar-refractivity contribution in [3.63, 3.8) is 0 Å². The summed E-state index contributed by atoms with van der Waals surface area (Å²) < 4.78 is 27.2. The van der Waals surface area contributed by atoms with Gasteiger partial charge >= 0.3 is 5.97 Å². The Bertz CT molecular complexity index is 323. The Kier molecular flexibility index (Phi) is 4.95. The Labute approximate surface area is 97.2 Å². The second-order valence-corrected chi connectivity index (χ2v) is 4.55. The Morgan fingerprint density at radius 1 is 1.50 bits per heavy atom. The van der Waals surface area contributed by atoms with Gasteiger partial charge in [0.1, 0.15) is 5.76 Å². The zero-order valence-corrected chi connectivity index (χ0v) is 10.5. The Balaban J connectivity index is 2.80. The summed E-state index contributed by atoms with van der Waals surface area (Å²) in [5, 5.41) is 0. The molecule has 0 amide bonds. The van der Waals surface area contributed by atoms with Crippen molar-refractivity contribution in [1.29, 1.82) is 0 Å². The number of hydrogen-bond acceptors (Lipinski definition) is 5. The molecule has 1 aliphatic rings. The lowest BCUT2D eigenvalue weighted by Crippen LogP contribution is -2.32. The molecule has 0 aromatic rings. The van der Waals surface area contributed by atoms with Crippen molar-refractivity contribution in [1.82, 2.24) is 0 Å². The molecule has 16 heavy (non-hydrogen) atoms.